The van der Waals surface area contributed by atoms with Crippen molar-refractivity contribution >= 4 is 44.5 Å². The van der Waals surface area contributed by atoms with E-state index in [2.05, 4.69) is 10.0 Å². The summed E-state index contributed by atoms with van der Waals surface area (Å²) in [4.78, 5) is 34.7. The van der Waals surface area contributed by atoms with Gasteiger partial charge in [0.25, 0.3) is 5.91 Å². The molecule has 1 aromatic heterocycles. The number of benzene rings is 3. The van der Waals surface area contributed by atoms with Crippen LogP contribution in [0.15, 0.2) is 88.2 Å². The van der Waals surface area contributed by atoms with E-state index in [1.807, 2.05) is 18.2 Å². The van der Waals surface area contributed by atoms with E-state index in [4.69, 9.17) is 10.2 Å². The first kappa shape index (κ1) is 25.6. The summed E-state index contributed by atoms with van der Waals surface area (Å²) in [6, 6.07) is 20.3. The topological polar surface area (TPSA) is 169 Å². The molecule has 0 fully saturated rings. The van der Waals surface area contributed by atoms with Gasteiger partial charge in [-0.05, 0) is 53.9 Å². The van der Waals surface area contributed by atoms with Gasteiger partial charge in [-0.15, -0.1) is 0 Å². The van der Waals surface area contributed by atoms with Crippen molar-refractivity contribution in [2.24, 2.45) is 5.73 Å². The molecule has 4 rings (SSSR count). The number of hydrogen-bond acceptors (Lipinski definition) is 6. The van der Waals surface area contributed by atoms with E-state index >= 15 is 0 Å². The first-order valence-electron chi connectivity index (χ1n) is 11.2. The fourth-order valence-corrected chi connectivity index (χ4v) is 4.86. The van der Waals surface area contributed by atoms with Crippen LogP contribution in [0.1, 0.15) is 23.4 Å². The summed E-state index contributed by atoms with van der Waals surface area (Å²) in [7, 11) is -4.15. The number of nitrogens with one attached hydrogen (secondary N) is 2. The summed E-state index contributed by atoms with van der Waals surface area (Å²) in [5.41, 5.74) is 7.67. The van der Waals surface area contributed by atoms with Gasteiger partial charge in [0.15, 0.2) is 5.76 Å². The van der Waals surface area contributed by atoms with Gasteiger partial charge in [0, 0.05) is 17.5 Å². The number of sulfonamides is 1. The summed E-state index contributed by atoms with van der Waals surface area (Å²) in [5.74, 6) is -2.33. The van der Waals surface area contributed by atoms with Crippen molar-refractivity contribution in [2.45, 2.75) is 23.8 Å². The molecular weight excluding hydrogens is 498 g/mol. The highest BCUT2D eigenvalue weighted by atomic mass is 32.2. The monoisotopic (exact) mass is 521 g/mol. The molecule has 0 spiro atoms. The molecule has 0 saturated heterocycles. The first-order valence-corrected chi connectivity index (χ1v) is 12.6. The highest BCUT2D eigenvalue weighted by Crippen LogP contribution is 2.24. The molecule has 5 N–H and O–H groups in total. The number of carbonyl (C=O) groups excluding carboxylic acids is 2. The zero-order valence-electron chi connectivity index (χ0n) is 19.4. The lowest BCUT2D eigenvalue weighted by atomic mass is 10.1. The third kappa shape index (κ3) is 6.21. The molecule has 0 saturated carbocycles. The predicted molar refractivity (Wildman–Crippen MR) is 136 cm³/mol. The van der Waals surface area contributed by atoms with Crippen LogP contribution < -0.4 is 15.8 Å². The van der Waals surface area contributed by atoms with Crippen molar-refractivity contribution in [2.75, 3.05) is 5.32 Å². The zero-order valence-corrected chi connectivity index (χ0v) is 20.2. The van der Waals surface area contributed by atoms with Gasteiger partial charge in [-0.2, -0.15) is 4.72 Å². The quantitative estimate of drug-likeness (QED) is 0.248. The summed E-state index contributed by atoms with van der Waals surface area (Å²) in [6.07, 6.45) is -0.533. The van der Waals surface area contributed by atoms with E-state index in [1.54, 1.807) is 48.5 Å². The number of fused-ring (bicyclic) bond motifs is 1. The highest BCUT2D eigenvalue weighted by molar-refractivity contribution is 7.89. The molecule has 37 heavy (non-hydrogen) atoms. The van der Waals surface area contributed by atoms with Gasteiger partial charge in [-0.3, -0.25) is 14.4 Å². The number of furan rings is 1. The number of carbonyl (C=O) groups is 3. The molecule has 11 heteroatoms. The fourth-order valence-electron chi connectivity index (χ4n) is 3.63. The molecule has 10 nitrogen and oxygen atoms in total. The molecule has 2 amide bonds. The maximum Gasteiger partial charge on any atom is 0.321 e. The van der Waals surface area contributed by atoms with Gasteiger partial charge in [0.2, 0.25) is 15.9 Å². The second-order valence-corrected chi connectivity index (χ2v) is 9.94. The van der Waals surface area contributed by atoms with Crippen molar-refractivity contribution in [3.63, 3.8) is 0 Å². The molecule has 3 aromatic carbocycles. The minimum atomic E-state index is -4.15. The van der Waals surface area contributed by atoms with Crippen LogP contribution in [0.2, 0.25) is 0 Å². The Labute approximate surface area is 212 Å². The van der Waals surface area contributed by atoms with Crippen LogP contribution >= 0.6 is 0 Å². The minimum Gasteiger partial charge on any atom is -0.480 e. The standard InChI is InChI=1S/C26H23N3O7S/c27-24(30)14-13-21(26(32)33)29-37(34,35)20-11-7-17(8-12-20)16-5-9-19(10-6-16)28-25(31)23-15-18-3-1-2-4-22(18)36-23/h1-12,15,21,29H,13-14H2,(H2,27,30)(H,28,31)(H,32,33)/t21-/m0/s1. The number of carboxylic acids is 1. The van der Waals surface area contributed by atoms with Crippen molar-refractivity contribution in [3.05, 3.63) is 84.6 Å². The maximum absolute atomic E-state index is 12.6. The Hall–Kier alpha value is -4.48. The van der Waals surface area contributed by atoms with Gasteiger partial charge in [0.05, 0.1) is 4.90 Å². The number of primary amides is 1. The Morgan fingerprint density at radius 2 is 1.54 bits per heavy atom. The van der Waals surface area contributed by atoms with Gasteiger partial charge in [-0.25, -0.2) is 8.42 Å². The van der Waals surface area contributed by atoms with E-state index in [9.17, 15) is 27.9 Å². The third-order valence-electron chi connectivity index (χ3n) is 5.56. The molecule has 1 heterocycles. The SMILES string of the molecule is NC(=O)CC[C@H](NS(=O)(=O)c1ccc(-c2ccc(NC(=O)c3cc4ccccc4o3)cc2)cc1)C(=O)O. The van der Waals surface area contributed by atoms with Crippen LogP contribution in [0.5, 0.6) is 0 Å². The van der Waals surface area contributed by atoms with Gasteiger partial charge in [-0.1, -0.05) is 42.5 Å². The lowest BCUT2D eigenvalue weighted by Crippen LogP contribution is -2.41. The van der Waals surface area contributed by atoms with E-state index < -0.39 is 27.9 Å². The Balaban J connectivity index is 1.43. The number of nitrogens with two attached hydrogens (primary N) is 1. The van der Waals surface area contributed by atoms with Crippen LogP contribution in [0.4, 0.5) is 5.69 Å². The molecule has 0 radical (unpaired) electrons. The van der Waals surface area contributed by atoms with Crippen LogP contribution in [-0.4, -0.2) is 37.3 Å². The summed E-state index contributed by atoms with van der Waals surface area (Å²) in [5, 5.41) is 12.9. The lowest BCUT2D eigenvalue weighted by molar-refractivity contribution is -0.139. The summed E-state index contributed by atoms with van der Waals surface area (Å²) < 4.78 is 32.9. The average Bonchev–Trinajstić information content (AvgIpc) is 3.31. The molecule has 4 aromatic rings. The van der Waals surface area contributed by atoms with Crippen molar-refractivity contribution in [1.82, 2.24) is 4.72 Å². The normalized spacial score (nSPS) is 12.2. The van der Waals surface area contributed by atoms with Gasteiger partial charge in [0.1, 0.15) is 11.6 Å². The Morgan fingerprint density at radius 1 is 0.919 bits per heavy atom. The van der Waals surface area contributed by atoms with Crippen LogP contribution in [0, 0.1) is 0 Å². The van der Waals surface area contributed by atoms with E-state index in [1.165, 1.54) is 12.1 Å². The zero-order chi connectivity index (χ0) is 26.6. The van der Waals surface area contributed by atoms with Crippen molar-refractivity contribution < 1.29 is 32.3 Å². The Morgan fingerprint density at radius 3 is 2.14 bits per heavy atom. The summed E-state index contributed by atoms with van der Waals surface area (Å²) in [6.45, 7) is 0. The second-order valence-electron chi connectivity index (χ2n) is 8.22. The van der Waals surface area contributed by atoms with Crippen LogP contribution in [-0.2, 0) is 19.6 Å². The molecule has 190 valence electrons. The largest absolute Gasteiger partial charge is 0.480 e. The number of aliphatic carboxylic acids is 1. The number of amides is 2. The van der Waals surface area contributed by atoms with Gasteiger partial charge < -0.3 is 20.6 Å². The average molecular weight is 522 g/mol. The van der Waals surface area contributed by atoms with Crippen LogP contribution in [0.3, 0.4) is 0 Å². The minimum absolute atomic E-state index is 0.128. The molecule has 0 unspecified atom stereocenters. The number of hydrogen-bond donors (Lipinski definition) is 4. The first-order chi connectivity index (χ1) is 17.6. The van der Waals surface area contributed by atoms with Gasteiger partial charge >= 0.3 is 5.97 Å². The number of anilines is 1. The molecule has 0 aliphatic rings. The number of carboxylic acid groups (broad SMARTS) is 1. The highest BCUT2D eigenvalue weighted by Gasteiger charge is 2.25. The van der Waals surface area contributed by atoms with E-state index in [0.29, 0.717) is 16.8 Å². The van der Waals surface area contributed by atoms with Crippen molar-refractivity contribution in [1.29, 1.82) is 0 Å². The van der Waals surface area contributed by atoms with Crippen molar-refractivity contribution in [3.8, 4) is 11.1 Å². The molecule has 1 atom stereocenters. The Bertz CT molecular complexity index is 1530. The molecule has 0 aliphatic carbocycles. The third-order valence-corrected chi connectivity index (χ3v) is 7.05. The molecular formula is C26H23N3O7S. The predicted octanol–water partition coefficient (Wildman–Crippen LogP) is 3.35. The summed E-state index contributed by atoms with van der Waals surface area (Å²) >= 11 is 0. The van der Waals surface area contributed by atoms with E-state index in [0.717, 1.165) is 10.9 Å². The Kier molecular flexibility index (Phi) is 7.37. The van der Waals surface area contributed by atoms with E-state index in [-0.39, 0.29) is 29.4 Å². The smallest absolute Gasteiger partial charge is 0.321 e. The molecule has 0 bridgehead atoms. The number of rotatable bonds is 10. The molecule has 0 aliphatic heterocycles. The number of para-hydroxylation sites is 1. The van der Waals surface area contributed by atoms with Crippen LogP contribution in [0.25, 0.3) is 22.1 Å². The maximum atomic E-state index is 12.6. The lowest BCUT2D eigenvalue weighted by Gasteiger charge is -2.14. The second kappa shape index (κ2) is 10.6. The fraction of sp³-hybridized carbons (Fsp3) is 0.115.